The third-order valence-electron chi connectivity index (χ3n) is 5.19. The first kappa shape index (κ1) is 25.4. The number of benzene rings is 2. The van der Waals surface area contributed by atoms with E-state index in [0.717, 1.165) is 16.0 Å². The van der Waals surface area contributed by atoms with Crippen LogP contribution in [-0.4, -0.2) is 59.0 Å². The average Bonchev–Trinajstić information content (AvgIpc) is 2.83. The smallest absolute Gasteiger partial charge is 0.333 e. The van der Waals surface area contributed by atoms with Gasteiger partial charge in [-0.05, 0) is 62.4 Å². The summed E-state index contributed by atoms with van der Waals surface area (Å²) in [6.45, 7) is 3.03. The van der Waals surface area contributed by atoms with Crippen LogP contribution < -0.4 is 15.6 Å². The molecule has 0 spiro atoms. The van der Waals surface area contributed by atoms with E-state index in [9.17, 15) is 24.0 Å². The zero-order chi connectivity index (χ0) is 25.9. The standard InChI is InChI=1S/C24H23ClN4O6/c1-24(2,22(33)27-26-13-18-20(31)28(3)23(34)29(4)21(18)32)35-17-11-7-15(8-12-17)19(30)14-5-9-16(25)10-6-14/h5-13,26H,1-4H3,(H,27,33). The maximum atomic E-state index is 12.6. The van der Waals surface area contributed by atoms with Crippen LogP contribution in [0.4, 0.5) is 4.79 Å². The molecule has 1 fully saturated rings. The van der Waals surface area contributed by atoms with Gasteiger partial charge in [0.15, 0.2) is 11.4 Å². The van der Waals surface area contributed by atoms with Crippen LogP contribution in [-0.2, 0) is 14.4 Å². The Hall–Kier alpha value is -4.18. The summed E-state index contributed by atoms with van der Waals surface area (Å²) in [6.07, 6.45) is 1.01. The Kier molecular flexibility index (Phi) is 7.25. The van der Waals surface area contributed by atoms with Crippen LogP contribution in [0, 0.1) is 0 Å². The predicted octanol–water partition coefficient (Wildman–Crippen LogP) is 2.28. The van der Waals surface area contributed by atoms with Gasteiger partial charge in [-0.15, -0.1) is 0 Å². The predicted molar refractivity (Wildman–Crippen MR) is 126 cm³/mol. The van der Waals surface area contributed by atoms with Crippen molar-refractivity contribution in [3.05, 3.63) is 76.5 Å². The minimum absolute atomic E-state index is 0.188. The van der Waals surface area contributed by atoms with Gasteiger partial charge in [-0.25, -0.2) is 4.79 Å². The first-order valence-electron chi connectivity index (χ1n) is 10.4. The normalized spacial score (nSPS) is 14.1. The van der Waals surface area contributed by atoms with Crippen molar-refractivity contribution in [1.82, 2.24) is 20.7 Å². The van der Waals surface area contributed by atoms with Crippen LogP contribution in [0.5, 0.6) is 5.75 Å². The van der Waals surface area contributed by atoms with Crippen LogP contribution in [0.25, 0.3) is 0 Å². The number of carbonyl (C=O) groups is 5. The highest BCUT2D eigenvalue weighted by molar-refractivity contribution is 6.30. The first-order chi connectivity index (χ1) is 16.4. The third kappa shape index (κ3) is 5.49. The van der Waals surface area contributed by atoms with Crippen molar-refractivity contribution in [3.63, 3.8) is 0 Å². The van der Waals surface area contributed by atoms with Crippen molar-refractivity contribution >= 4 is 41.1 Å². The highest BCUT2D eigenvalue weighted by Gasteiger charge is 2.38. The fourth-order valence-electron chi connectivity index (χ4n) is 3.08. The van der Waals surface area contributed by atoms with E-state index < -0.39 is 29.4 Å². The number of nitrogens with one attached hydrogen (secondary N) is 2. The van der Waals surface area contributed by atoms with Crippen molar-refractivity contribution in [2.75, 3.05) is 14.1 Å². The zero-order valence-corrected chi connectivity index (χ0v) is 20.2. The van der Waals surface area contributed by atoms with E-state index in [1.807, 2.05) is 0 Å². The van der Waals surface area contributed by atoms with Crippen molar-refractivity contribution < 1.29 is 28.7 Å². The van der Waals surface area contributed by atoms with Gasteiger partial charge in [0, 0.05) is 36.4 Å². The van der Waals surface area contributed by atoms with E-state index in [-0.39, 0.29) is 11.4 Å². The Balaban J connectivity index is 1.62. The number of nitrogens with zero attached hydrogens (tertiary/aromatic N) is 2. The monoisotopic (exact) mass is 498 g/mol. The molecule has 0 atom stereocenters. The number of carbonyl (C=O) groups excluding carboxylic acids is 5. The fourth-order valence-corrected chi connectivity index (χ4v) is 3.21. The maximum Gasteiger partial charge on any atom is 0.333 e. The molecule has 0 aliphatic carbocycles. The van der Waals surface area contributed by atoms with Gasteiger partial charge in [0.2, 0.25) is 0 Å². The molecular formula is C24H23ClN4O6. The molecule has 1 aliphatic heterocycles. The summed E-state index contributed by atoms with van der Waals surface area (Å²) in [7, 11) is 2.48. The molecule has 10 nitrogen and oxygen atoms in total. The van der Waals surface area contributed by atoms with Gasteiger partial charge in [0.05, 0.1) is 0 Å². The quantitative estimate of drug-likeness (QED) is 0.259. The largest absolute Gasteiger partial charge is 0.478 e. The Morgan fingerprint density at radius 2 is 1.37 bits per heavy atom. The number of hydrogen-bond donors (Lipinski definition) is 2. The van der Waals surface area contributed by atoms with Gasteiger partial charge in [-0.2, -0.15) is 0 Å². The van der Waals surface area contributed by atoms with Crippen molar-refractivity contribution in [1.29, 1.82) is 0 Å². The molecule has 2 aromatic rings. The van der Waals surface area contributed by atoms with E-state index in [4.69, 9.17) is 16.3 Å². The second kappa shape index (κ2) is 9.98. The lowest BCUT2D eigenvalue weighted by Gasteiger charge is -2.29. The number of rotatable bonds is 7. The van der Waals surface area contributed by atoms with Crippen LogP contribution in [0.3, 0.4) is 0 Å². The van der Waals surface area contributed by atoms with Gasteiger partial charge in [0.1, 0.15) is 11.3 Å². The molecule has 2 aromatic carbocycles. The molecular weight excluding hydrogens is 476 g/mol. The van der Waals surface area contributed by atoms with Crippen LogP contribution >= 0.6 is 11.6 Å². The van der Waals surface area contributed by atoms with E-state index in [1.165, 1.54) is 27.9 Å². The molecule has 5 amide bonds. The van der Waals surface area contributed by atoms with Gasteiger partial charge < -0.3 is 10.2 Å². The van der Waals surface area contributed by atoms with E-state index in [1.54, 1.807) is 48.5 Å². The summed E-state index contributed by atoms with van der Waals surface area (Å²) < 4.78 is 5.76. The van der Waals surface area contributed by atoms with E-state index in [0.29, 0.717) is 21.9 Å². The van der Waals surface area contributed by atoms with Gasteiger partial charge >= 0.3 is 6.03 Å². The lowest BCUT2D eigenvalue weighted by atomic mass is 10.0. The number of amides is 5. The molecule has 1 heterocycles. The highest BCUT2D eigenvalue weighted by Crippen LogP contribution is 2.21. The molecule has 0 unspecified atom stereocenters. The molecule has 182 valence electrons. The average molecular weight is 499 g/mol. The zero-order valence-electron chi connectivity index (χ0n) is 19.4. The summed E-state index contributed by atoms with van der Waals surface area (Å²) in [5.74, 6) is -2.06. The summed E-state index contributed by atoms with van der Waals surface area (Å²) >= 11 is 5.86. The van der Waals surface area contributed by atoms with Gasteiger partial charge in [-0.3, -0.25) is 34.4 Å². The minimum Gasteiger partial charge on any atom is -0.478 e. The first-order valence-corrected chi connectivity index (χ1v) is 10.8. The Morgan fingerprint density at radius 3 is 1.89 bits per heavy atom. The molecule has 1 aliphatic rings. The molecule has 0 radical (unpaired) electrons. The van der Waals surface area contributed by atoms with Crippen molar-refractivity contribution in [3.8, 4) is 5.75 Å². The summed E-state index contributed by atoms with van der Waals surface area (Å²) in [4.78, 5) is 62.9. The molecule has 3 rings (SSSR count). The SMILES string of the molecule is CN1C(=O)C(=CNNC(=O)C(C)(C)Oc2ccc(C(=O)c3ccc(Cl)cc3)cc2)C(=O)N(C)C1=O. The number of hydrazine groups is 1. The Bertz CT molecular complexity index is 1200. The molecule has 11 heteroatoms. The summed E-state index contributed by atoms with van der Waals surface area (Å²) in [5.41, 5.74) is 3.99. The number of barbiturate groups is 1. The number of likely N-dealkylation sites (N-methyl/N-ethyl adjacent to an activating group) is 2. The molecule has 2 N–H and O–H groups in total. The molecule has 0 bridgehead atoms. The van der Waals surface area contributed by atoms with Crippen molar-refractivity contribution in [2.45, 2.75) is 19.4 Å². The lowest BCUT2D eigenvalue weighted by molar-refractivity contribution is -0.136. The second-order valence-corrected chi connectivity index (χ2v) is 8.58. The second-order valence-electron chi connectivity index (χ2n) is 8.14. The van der Waals surface area contributed by atoms with Gasteiger partial charge in [0.25, 0.3) is 17.7 Å². The summed E-state index contributed by atoms with van der Waals surface area (Å²) in [5, 5.41) is 0.531. The molecule has 1 saturated heterocycles. The van der Waals surface area contributed by atoms with Crippen LogP contribution in [0.2, 0.25) is 5.02 Å². The van der Waals surface area contributed by atoms with Gasteiger partial charge in [-0.1, -0.05) is 11.6 Å². The minimum atomic E-state index is -1.36. The number of halogens is 1. The molecule has 35 heavy (non-hydrogen) atoms. The Labute approximate surface area is 206 Å². The highest BCUT2D eigenvalue weighted by atomic mass is 35.5. The van der Waals surface area contributed by atoms with Crippen LogP contribution in [0.1, 0.15) is 29.8 Å². The molecule has 0 aromatic heterocycles. The summed E-state index contributed by atoms with van der Waals surface area (Å²) in [6, 6.07) is 12.1. The topological polar surface area (TPSA) is 125 Å². The van der Waals surface area contributed by atoms with Crippen LogP contribution in [0.15, 0.2) is 60.3 Å². The number of ether oxygens (including phenoxy) is 1. The van der Waals surface area contributed by atoms with E-state index in [2.05, 4.69) is 10.9 Å². The number of urea groups is 1. The number of ketones is 1. The number of hydrogen-bond acceptors (Lipinski definition) is 7. The maximum absolute atomic E-state index is 12.6. The Morgan fingerprint density at radius 1 is 0.886 bits per heavy atom. The fraction of sp³-hybridized carbons (Fsp3) is 0.208. The lowest BCUT2D eigenvalue weighted by Crippen LogP contribution is -2.54. The molecule has 0 saturated carbocycles. The number of imide groups is 2. The third-order valence-corrected chi connectivity index (χ3v) is 5.44. The van der Waals surface area contributed by atoms with E-state index >= 15 is 0 Å². The van der Waals surface area contributed by atoms with Crippen molar-refractivity contribution in [2.24, 2.45) is 0 Å².